The minimum atomic E-state index is -0.173. The fourth-order valence-corrected chi connectivity index (χ4v) is 2.31. The largest absolute Gasteiger partial charge is 0.445 e. The standard InChI is InChI=1S/C16H23NO2/c1-13(2)15-8-6-14(7-9-15)12-19-16(18)17-10-4-3-5-11-17/h6-9,13H,3-5,10-12H2,1-2H3. The number of hydrogen-bond donors (Lipinski definition) is 0. The van der Waals surface area contributed by atoms with Crippen LogP contribution in [-0.2, 0) is 11.3 Å². The van der Waals surface area contributed by atoms with Gasteiger partial charge in [0.05, 0.1) is 0 Å². The Morgan fingerprint density at radius 1 is 1.16 bits per heavy atom. The van der Waals surface area contributed by atoms with Crippen LogP contribution in [0, 0.1) is 0 Å². The quantitative estimate of drug-likeness (QED) is 0.825. The number of piperidine rings is 1. The van der Waals surface area contributed by atoms with Gasteiger partial charge in [0, 0.05) is 13.1 Å². The molecule has 1 aliphatic heterocycles. The zero-order chi connectivity index (χ0) is 13.7. The van der Waals surface area contributed by atoms with Gasteiger partial charge in [-0.1, -0.05) is 38.1 Å². The van der Waals surface area contributed by atoms with Crippen molar-refractivity contribution in [2.24, 2.45) is 0 Å². The molecule has 0 N–H and O–H groups in total. The minimum absolute atomic E-state index is 0.173. The molecule has 0 spiro atoms. The molecule has 19 heavy (non-hydrogen) atoms. The van der Waals surface area contributed by atoms with E-state index < -0.39 is 0 Å². The molecule has 1 saturated heterocycles. The normalized spacial score (nSPS) is 15.6. The molecule has 1 fully saturated rings. The lowest BCUT2D eigenvalue weighted by Gasteiger charge is -2.25. The van der Waals surface area contributed by atoms with Crippen LogP contribution >= 0.6 is 0 Å². The molecule has 104 valence electrons. The maximum Gasteiger partial charge on any atom is 0.410 e. The van der Waals surface area contributed by atoms with Crippen LogP contribution in [0.2, 0.25) is 0 Å². The summed E-state index contributed by atoms with van der Waals surface area (Å²) in [5, 5.41) is 0. The molecule has 0 unspecified atom stereocenters. The smallest absolute Gasteiger partial charge is 0.410 e. The monoisotopic (exact) mass is 261 g/mol. The van der Waals surface area contributed by atoms with Crippen LogP contribution in [0.1, 0.15) is 50.2 Å². The van der Waals surface area contributed by atoms with Crippen LogP contribution in [0.5, 0.6) is 0 Å². The number of amides is 1. The number of likely N-dealkylation sites (tertiary alicyclic amines) is 1. The van der Waals surface area contributed by atoms with Crippen molar-refractivity contribution in [1.82, 2.24) is 4.90 Å². The van der Waals surface area contributed by atoms with Gasteiger partial charge in [-0.2, -0.15) is 0 Å². The summed E-state index contributed by atoms with van der Waals surface area (Å²) in [6.07, 6.45) is 3.24. The predicted molar refractivity (Wildman–Crippen MR) is 76.1 cm³/mol. The highest BCUT2D eigenvalue weighted by Crippen LogP contribution is 2.16. The molecule has 0 bridgehead atoms. The summed E-state index contributed by atoms with van der Waals surface area (Å²) in [6, 6.07) is 8.29. The lowest BCUT2D eigenvalue weighted by atomic mass is 10.0. The first-order chi connectivity index (χ1) is 9.16. The van der Waals surface area contributed by atoms with E-state index in [1.54, 1.807) is 0 Å². The van der Waals surface area contributed by atoms with Crippen LogP contribution in [0.15, 0.2) is 24.3 Å². The Balaban J connectivity index is 1.82. The molecule has 1 aromatic rings. The zero-order valence-corrected chi connectivity index (χ0v) is 11.9. The Morgan fingerprint density at radius 3 is 2.37 bits per heavy atom. The number of benzene rings is 1. The molecule has 0 saturated carbocycles. The summed E-state index contributed by atoms with van der Waals surface area (Å²) in [7, 11) is 0. The lowest BCUT2D eigenvalue weighted by Crippen LogP contribution is -2.35. The summed E-state index contributed by atoms with van der Waals surface area (Å²) >= 11 is 0. The van der Waals surface area contributed by atoms with Gasteiger partial charge in [0.1, 0.15) is 6.61 Å². The highest BCUT2D eigenvalue weighted by molar-refractivity contribution is 5.67. The Morgan fingerprint density at radius 2 is 1.79 bits per heavy atom. The molecular weight excluding hydrogens is 238 g/mol. The highest BCUT2D eigenvalue weighted by atomic mass is 16.6. The summed E-state index contributed by atoms with van der Waals surface area (Å²) in [5.74, 6) is 0.532. The number of hydrogen-bond acceptors (Lipinski definition) is 2. The summed E-state index contributed by atoms with van der Waals surface area (Å²) in [4.78, 5) is 13.7. The molecule has 0 atom stereocenters. The molecule has 1 amide bonds. The molecule has 1 aromatic carbocycles. The predicted octanol–water partition coefficient (Wildman–Crippen LogP) is 3.93. The Kier molecular flexibility index (Phi) is 4.83. The van der Waals surface area contributed by atoms with Crippen LogP contribution in [-0.4, -0.2) is 24.1 Å². The third-order valence-electron chi connectivity index (χ3n) is 3.62. The Bertz CT molecular complexity index is 405. The summed E-state index contributed by atoms with van der Waals surface area (Å²) < 4.78 is 5.35. The van der Waals surface area contributed by atoms with E-state index in [0.29, 0.717) is 12.5 Å². The van der Waals surface area contributed by atoms with Gasteiger partial charge in [0.25, 0.3) is 0 Å². The van der Waals surface area contributed by atoms with Crippen molar-refractivity contribution in [3.8, 4) is 0 Å². The van der Waals surface area contributed by atoms with Crippen LogP contribution in [0.25, 0.3) is 0 Å². The molecule has 2 rings (SSSR count). The van der Waals surface area contributed by atoms with Crippen molar-refractivity contribution in [2.75, 3.05) is 13.1 Å². The molecule has 0 aromatic heterocycles. The number of nitrogens with zero attached hydrogens (tertiary/aromatic N) is 1. The second kappa shape index (κ2) is 6.60. The van der Waals surface area contributed by atoms with Crippen molar-refractivity contribution >= 4 is 6.09 Å². The van der Waals surface area contributed by atoms with Gasteiger partial charge in [-0.05, 0) is 36.3 Å². The molecule has 1 heterocycles. The first-order valence-electron chi connectivity index (χ1n) is 7.17. The van der Waals surface area contributed by atoms with Gasteiger partial charge in [-0.3, -0.25) is 0 Å². The minimum Gasteiger partial charge on any atom is -0.445 e. The van der Waals surface area contributed by atoms with E-state index >= 15 is 0 Å². The Hall–Kier alpha value is -1.51. The second-order valence-electron chi connectivity index (χ2n) is 5.50. The zero-order valence-electron chi connectivity index (χ0n) is 11.9. The topological polar surface area (TPSA) is 29.5 Å². The third-order valence-corrected chi connectivity index (χ3v) is 3.62. The average Bonchev–Trinajstić information content (AvgIpc) is 2.46. The van der Waals surface area contributed by atoms with Crippen molar-refractivity contribution in [2.45, 2.75) is 45.6 Å². The van der Waals surface area contributed by atoms with Gasteiger partial charge in [-0.15, -0.1) is 0 Å². The molecular formula is C16H23NO2. The molecule has 1 aliphatic rings. The molecule has 3 heteroatoms. The fourth-order valence-electron chi connectivity index (χ4n) is 2.31. The van der Waals surface area contributed by atoms with Crippen LogP contribution < -0.4 is 0 Å². The second-order valence-corrected chi connectivity index (χ2v) is 5.50. The van der Waals surface area contributed by atoms with E-state index in [1.165, 1.54) is 12.0 Å². The number of carbonyl (C=O) groups is 1. The first-order valence-corrected chi connectivity index (χ1v) is 7.17. The van der Waals surface area contributed by atoms with E-state index in [1.807, 2.05) is 17.0 Å². The fraction of sp³-hybridized carbons (Fsp3) is 0.562. The summed E-state index contributed by atoms with van der Waals surface area (Å²) in [5.41, 5.74) is 2.36. The van der Waals surface area contributed by atoms with Crippen molar-refractivity contribution in [1.29, 1.82) is 0 Å². The van der Waals surface area contributed by atoms with Gasteiger partial charge in [0.15, 0.2) is 0 Å². The van der Waals surface area contributed by atoms with Crippen molar-refractivity contribution in [3.63, 3.8) is 0 Å². The lowest BCUT2D eigenvalue weighted by molar-refractivity contribution is 0.0894. The van der Waals surface area contributed by atoms with Gasteiger partial charge in [-0.25, -0.2) is 4.79 Å². The number of ether oxygens (including phenoxy) is 1. The molecule has 0 radical (unpaired) electrons. The van der Waals surface area contributed by atoms with Gasteiger partial charge >= 0.3 is 6.09 Å². The highest BCUT2D eigenvalue weighted by Gasteiger charge is 2.17. The van der Waals surface area contributed by atoms with E-state index in [-0.39, 0.29) is 6.09 Å². The van der Waals surface area contributed by atoms with Crippen molar-refractivity contribution < 1.29 is 9.53 Å². The van der Waals surface area contributed by atoms with Gasteiger partial charge in [0.2, 0.25) is 0 Å². The molecule has 0 aliphatic carbocycles. The number of rotatable bonds is 3. The number of carbonyl (C=O) groups excluding carboxylic acids is 1. The third kappa shape index (κ3) is 3.98. The van der Waals surface area contributed by atoms with Crippen LogP contribution in [0.4, 0.5) is 4.79 Å². The summed E-state index contributed by atoms with van der Waals surface area (Å²) in [6.45, 7) is 6.39. The van der Waals surface area contributed by atoms with Crippen LogP contribution in [0.3, 0.4) is 0 Å². The van der Waals surface area contributed by atoms with E-state index in [0.717, 1.165) is 31.5 Å². The average molecular weight is 261 g/mol. The van der Waals surface area contributed by atoms with Crippen molar-refractivity contribution in [3.05, 3.63) is 35.4 Å². The first kappa shape index (κ1) is 13.9. The SMILES string of the molecule is CC(C)c1ccc(COC(=O)N2CCCCC2)cc1. The van der Waals surface area contributed by atoms with E-state index in [4.69, 9.17) is 4.74 Å². The van der Waals surface area contributed by atoms with E-state index in [2.05, 4.69) is 26.0 Å². The Labute approximate surface area is 115 Å². The maximum atomic E-state index is 11.9. The van der Waals surface area contributed by atoms with Gasteiger partial charge < -0.3 is 9.64 Å². The maximum absolute atomic E-state index is 11.9. The van der Waals surface area contributed by atoms with E-state index in [9.17, 15) is 4.79 Å². The molecule has 3 nitrogen and oxygen atoms in total.